The fraction of sp³-hybridized carbons (Fsp3) is 0.600. The molecule has 0 aliphatic carbocycles. The normalized spacial score (nSPS) is 12.8. The number of hydrogen-bond acceptors (Lipinski definition) is 4. The van der Waals surface area contributed by atoms with Gasteiger partial charge in [0.2, 0.25) is 0 Å². The topological polar surface area (TPSA) is 58.9 Å². The van der Waals surface area contributed by atoms with Crippen molar-refractivity contribution in [3.63, 3.8) is 0 Å². The van der Waals surface area contributed by atoms with Crippen LogP contribution in [-0.4, -0.2) is 29.7 Å². The van der Waals surface area contributed by atoms with Crippen LogP contribution < -0.4 is 0 Å². The summed E-state index contributed by atoms with van der Waals surface area (Å²) >= 11 is 0. The van der Waals surface area contributed by atoms with Gasteiger partial charge in [0.25, 0.3) is 5.71 Å². The van der Waals surface area contributed by atoms with Crippen LogP contribution in [-0.2, 0) is 9.53 Å². The molecule has 0 aliphatic heterocycles. The second-order valence-electron chi connectivity index (χ2n) is 1.67. The summed E-state index contributed by atoms with van der Waals surface area (Å²) in [5.74, 6) is -1.69. The van der Waals surface area contributed by atoms with E-state index in [1.54, 1.807) is 5.16 Å². The molecule has 4 nitrogen and oxygen atoms in total. The van der Waals surface area contributed by atoms with E-state index >= 15 is 0 Å². The van der Waals surface area contributed by atoms with Crippen LogP contribution in [0.15, 0.2) is 5.16 Å². The lowest BCUT2D eigenvalue weighted by Crippen LogP contribution is -2.32. The number of oxime groups is 1. The Morgan fingerprint density at radius 2 is 2.08 bits per heavy atom. The molecule has 0 saturated heterocycles. The van der Waals surface area contributed by atoms with Gasteiger partial charge in [-0.05, 0) is 6.92 Å². The number of carbonyl (C=O) groups is 1. The minimum atomic E-state index is -4.99. The second-order valence-corrected chi connectivity index (χ2v) is 1.67. The van der Waals surface area contributed by atoms with Crippen molar-refractivity contribution in [1.82, 2.24) is 0 Å². The Hall–Kier alpha value is -1.27. The average Bonchev–Trinajstić information content (AvgIpc) is 1.85. The third kappa shape index (κ3) is 2.77. The molecule has 0 radical (unpaired) electrons. The van der Waals surface area contributed by atoms with Crippen LogP contribution in [0.2, 0.25) is 0 Å². The van der Waals surface area contributed by atoms with Gasteiger partial charge in [-0.2, -0.15) is 13.2 Å². The maximum Gasteiger partial charge on any atom is 0.443 e. The molecule has 0 aliphatic rings. The van der Waals surface area contributed by atoms with Crippen molar-refractivity contribution in [3.8, 4) is 0 Å². The smallest absolute Gasteiger partial charge is 0.443 e. The molecule has 12 heavy (non-hydrogen) atoms. The van der Waals surface area contributed by atoms with Gasteiger partial charge in [0, 0.05) is 0 Å². The van der Waals surface area contributed by atoms with Crippen LogP contribution in [0.1, 0.15) is 6.92 Å². The van der Waals surface area contributed by atoms with Crippen molar-refractivity contribution in [1.29, 1.82) is 0 Å². The van der Waals surface area contributed by atoms with Gasteiger partial charge in [0.1, 0.15) is 0 Å². The summed E-state index contributed by atoms with van der Waals surface area (Å²) in [6, 6.07) is 0. The van der Waals surface area contributed by atoms with E-state index in [4.69, 9.17) is 5.21 Å². The number of rotatable bonds is 2. The first-order chi connectivity index (χ1) is 5.43. The maximum absolute atomic E-state index is 11.7. The zero-order chi connectivity index (χ0) is 9.78. The number of hydrogen-bond donors (Lipinski definition) is 1. The van der Waals surface area contributed by atoms with Crippen molar-refractivity contribution in [2.24, 2.45) is 5.16 Å². The molecule has 0 amide bonds. The van der Waals surface area contributed by atoms with Crippen molar-refractivity contribution in [3.05, 3.63) is 0 Å². The fourth-order valence-electron chi connectivity index (χ4n) is 0.413. The molecule has 0 spiro atoms. The maximum atomic E-state index is 11.7. The van der Waals surface area contributed by atoms with Gasteiger partial charge in [-0.25, -0.2) is 4.79 Å². The predicted octanol–water partition coefficient (Wildman–Crippen LogP) is 0.942. The summed E-state index contributed by atoms with van der Waals surface area (Å²) in [6.07, 6.45) is -4.99. The van der Waals surface area contributed by atoms with Crippen LogP contribution in [0.3, 0.4) is 0 Å². The lowest BCUT2D eigenvalue weighted by Gasteiger charge is -2.06. The van der Waals surface area contributed by atoms with Gasteiger partial charge in [-0.1, -0.05) is 5.16 Å². The van der Waals surface area contributed by atoms with Crippen molar-refractivity contribution >= 4 is 11.7 Å². The summed E-state index contributed by atoms with van der Waals surface area (Å²) in [7, 11) is 0. The number of alkyl halides is 3. The molecule has 1 N–H and O–H groups in total. The monoisotopic (exact) mass is 185 g/mol. The Labute approximate surface area is 65.6 Å². The van der Waals surface area contributed by atoms with Gasteiger partial charge >= 0.3 is 12.1 Å². The Bertz CT molecular complexity index is 199. The minimum Gasteiger partial charge on any atom is -0.461 e. The molecule has 0 saturated carbocycles. The molecule has 0 unspecified atom stereocenters. The van der Waals surface area contributed by atoms with Gasteiger partial charge in [0.05, 0.1) is 6.61 Å². The third-order valence-electron chi connectivity index (χ3n) is 0.837. The summed E-state index contributed by atoms with van der Waals surface area (Å²) in [5, 5.41) is 9.62. The minimum absolute atomic E-state index is 0.214. The molecular formula is C5H6F3NO3. The highest BCUT2D eigenvalue weighted by molar-refractivity contribution is 6.38. The standard InChI is InChI=1S/C5H6F3NO3/c1-2-12-4(10)3(9-11)5(6,7)8/h11H,2H2,1H3/b9-3-. The molecule has 0 aromatic carbocycles. The van der Waals surface area contributed by atoms with Gasteiger partial charge in [-0.15, -0.1) is 0 Å². The SMILES string of the molecule is CCOC(=O)/C(=N/O)C(F)(F)F. The number of carbonyl (C=O) groups excluding carboxylic acids is 1. The molecule has 0 heterocycles. The van der Waals surface area contributed by atoms with Crippen LogP contribution >= 0.6 is 0 Å². The van der Waals surface area contributed by atoms with E-state index in [9.17, 15) is 18.0 Å². The highest BCUT2D eigenvalue weighted by Gasteiger charge is 2.42. The molecule has 0 rings (SSSR count). The van der Waals surface area contributed by atoms with E-state index in [-0.39, 0.29) is 6.61 Å². The Balaban J connectivity index is 4.49. The molecule has 0 aromatic rings. The number of nitrogens with zero attached hydrogens (tertiary/aromatic N) is 1. The molecule has 0 fully saturated rings. The van der Waals surface area contributed by atoms with E-state index in [2.05, 4.69) is 4.74 Å². The van der Waals surface area contributed by atoms with E-state index < -0.39 is 17.9 Å². The number of esters is 1. The zero-order valence-electron chi connectivity index (χ0n) is 6.05. The number of ether oxygens (including phenoxy) is 1. The Morgan fingerprint density at radius 3 is 2.33 bits per heavy atom. The average molecular weight is 185 g/mol. The molecular weight excluding hydrogens is 179 g/mol. The predicted molar refractivity (Wildman–Crippen MR) is 31.9 cm³/mol. The quantitative estimate of drug-likeness (QED) is 0.301. The van der Waals surface area contributed by atoms with Gasteiger partial charge < -0.3 is 9.94 Å². The number of halogens is 3. The molecule has 70 valence electrons. The third-order valence-corrected chi connectivity index (χ3v) is 0.837. The highest BCUT2D eigenvalue weighted by Crippen LogP contribution is 2.17. The van der Waals surface area contributed by atoms with E-state index in [0.717, 1.165) is 0 Å². The Kier molecular flexibility index (Phi) is 3.52. The van der Waals surface area contributed by atoms with Gasteiger partial charge in [-0.3, -0.25) is 0 Å². The first-order valence-corrected chi connectivity index (χ1v) is 2.89. The van der Waals surface area contributed by atoms with Crippen molar-refractivity contribution in [2.75, 3.05) is 6.61 Å². The molecule has 0 aromatic heterocycles. The van der Waals surface area contributed by atoms with Crippen LogP contribution in [0.5, 0.6) is 0 Å². The first-order valence-electron chi connectivity index (χ1n) is 2.89. The van der Waals surface area contributed by atoms with E-state index in [1.165, 1.54) is 6.92 Å². The van der Waals surface area contributed by atoms with Crippen LogP contribution in [0.25, 0.3) is 0 Å². The molecule has 0 bridgehead atoms. The van der Waals surface area contributed by atoms with Crippen LogP contribution in [0.4, 0.5) is 13.2 Å². The molecule has 7 heteroatoms. The van der Waals surface area contributed by atoms with Gasteiger partial charge in [0.15, 0.2) is 0 Å². The summed E-state index contributed by atoms with van der Waals surface area (Å²) in [6.45, 7) is 1.12. The summed E-state index contributed by atoms with van der Waals surface area (Å²) in [4.78, 5) is 10.4. The Morgan fingerprint density at radius 1 is 1.58 bits per heavy atom. The summed E-state index contributed by atoms with van der Waals surface area (Å²) in [5.41, 5.74) is -1.95. The first kappa shape index (κ1) is 10.7. The lowest BCUT2D eigenvalue weighted by molar-refractivity contribution is -0.139. The highest BCUT2D eigenvalue weighted by atomic mass is 19.4. The lowest BCUT2D eigenvalue weighted by atomic mass is 10.4. The molecule has 0 atom stereocenters. The fourth-order valence-corrected chi connectivity index (χ4v) is 0.413. The van der Waals surface area contributed by atoms with E-state index in [1.807, 2.05) is 0 Å². The van der Waals surface area contributed by atoms with Crippen LogP contribution in [0, 0.1) is 0 Å². The largest absolute Gasteiger partial charge is 0.461 e. The second kappa shape index (κ2) is 3.93. The van der Waals surface area contributed by atoms with Crippen molar-refractivity contribution < 1.29 is 27.9 Å². The van der Waals surface area contributed by atoms with Crippen molar-refractivity contribution in [2.45, 2.75) is 13.1 Å². The summed E-state index contributed by atoms with van der Waals surface area (Å²) < 4.78 is 39.1. The van der Waals surface area contributed by atoms with E-state index in [0.29, 0.717) is 0 Å². The zero-order valence-corrected chi connectivity index (χ0v) is 6.05.